The topological polar surface area (TPSA) is 61.8 Å². The van der Waals surface area contributed by atoms with E-state index in [1.54, 1.807) is 25.3 Å². The van der Waals surface area contributed by atoms with Gasteiger partial charge in [0.25, 0.3) is 0 Å². The number of carbonyl (C=O) groups is 2. The van der Waals surface area contributed by atoms with Gasteiger partial charge in [0.05, 0.1) is 25.7 Å². The number of hydrogen-bond donors (Lipinski definition) is 0. The molecule has 0 aliphatic carbocycles. The zero-order chi connectivity index (χ0) is 14.1. The summed E-state index contributed by atoms with van der Waals surface area (Å²) in [7, 11) is 2.95. The quantitative estimate of drug-likeness (QED) is 0.406. The standard InChI is InChI=1S/C14H18O5/c1-17-6-3-7-19-13-5-4-11(8-12(13)10-15)9-14(16)18-2/h4-5,8,10H,3,6-7,9H2,1-2H3. The molecule has 5 heteroatoms. The van der Waals surface area contributed by atoms with E-state index in [9.17, 15) is 9.59 Å². The van der Waals surface area contributed by atoms with Crippen molar-refractivity contribution in [3.05, 3.63) is 29.3 Å². The van der Waals surface area contributed by atoms with Crippen LogP contribution in [0.5, 0.6) is 5.75 Å². The second-order valence-electron chi connectivity index (χ2n) is 3.94. The zero-order valence-electron chi connectivity index (χ0n) is 11.2. The molecule has 5 nitrogen and oxygen atoms in total. The molecule has 0 N–H and O–H groups in total. The Morgan fingerprint density at radius 3 is 2.68 bits per heavy atom. The van der Waals surface area contributed by atoms with Crippen molar-refractivity contribution >= 4 is 12.3 Å². The molecule has 0 heterocycles. The largest absolute Gasteiger partial charge is 0.493 e. The highest BCUT2D eigenvalue weighted by Crippen LogP contribution is 2.19. The predicted molar refractivity (Wildman–Crippen MR) is 69.5 cm³/mol. The van der Waals surface area contributed by atoms with Gasteiger partial charge in [0.1, 0.15) is 5.75 Å². The Bertz CT molecular complexity index is 428. The highest BCUT2D eigenvalue weighted by Gasteiger charge is 2.08. The van der Waals surface area contributed by atoms with Crippen LogP contribution in [0.15, 0.2) is 18.2 Å². The van der Waals surface area contributed by atoms with Crippen LogP contribution in [-0.2, 0) is 20.7 Å². The summed E-state index contributed by atoms with van der Waals surface area (Å²) < 4.78 is 15.0. The molecule has 1 rings (SSSR count). The first-order chi connectivity index (χ1) is 9.21. The van der Waals surface area contributed by atoms with Gasteiger partial charge in [-0.3, -0.25) is 9.59 Å². The molecule has 0 atom stereocenters. The maximum absolute atomic E-state index is 11.2. The van der Waals surface area contributed by atoms with E-state index < -0.39 is 0 Å². The van der Waals surface area contributed by atoms with Crippen molar-refractivity contribution in [2.45, 2.75) is 12.8 Å². The van der Waals surface area contributed by atoms with E-state index in [1.807, 2.05) is 0 Å². The van der Waals surface area contributed by atoms with Gasteiger partial charge >= 0.3 is 5.97 Å². The summed E-state index contributed by atoms with van der Waals surface area (Å²) in [5, 5.41) is 0. The molecular formula is C14H18O5. The van der Waals surface area contributed by atoms with Crippen molar-refractivity contribution in [1.29, 1.82) is 0 Å². The molecule has 1 aromatic rings. The maximum atomic E-state index is 11.2. The highest BCUT2D eigenvalue weighted by atomic mass is 16.5. The van der Waals surface area contributed by atoms with Crippen LogP contribution in [0.25, 0.3) is 0 Å². The van der Waals surface area contributed by atoms with Gasteiger partial charge in [-0.25, -0.2) is 0 Å². The fraction of sp³-hybridized carbons (Fsp3) is 0.429. The van der Waals surface area contributed by atoms with Gasteiger partial charge in [0, 0.05) is 20.1 Å². The van der Waals surface area contributed by atoms with Crippen LogP contribution >= 0.6 is 0 Å². The molecule has 0 aromatic heterocycles. The van der Waals surface area contributed by atoms with Crippen LogP contribution in [0, 0.1) is 0 Å². The Morgan fingerprint density at radius 2 is 2.05 bits per heavy atom. The molecule has 0 bridgehead atoms. The monoisotopic (exact) mass is 266 g/mol. The van der Waals surface area contributed by atoms with Gasteiger partial charge in [-0.2, -0.15) is 0 Å². The summed E-state index contributed by atoms with van der Waals surface area (Å²) >= 11 is 0. The average Bonchev–Trinajstić information content (AvgIpc) is 2.44. The summed E-state index contributed by atoms with van der Waals surface area (Å²) in [5.74, 6) is 0.172. The van der Waals surface area contributed by atoms with Crippen molar-refractivity contribution in [1.82, 2.24) is 0 Å². The summed E-state index contributed by atoms with van der Waals surface area (Å²) in [6.07, 6.45) is 1.60. The smallest absolute Gasteiger partial charge is 0.309 e. The molecule has 0 fully saturated rings. The minimum Gasteiger partial charge on any atom is -0.493 e. The lowest BCUT2D eigenvalue weighted by molar-refractivity contribution is -0.139. The Morgan fingerprint density at radius 1 is 1.26 bits per heavy atom. The third kappa shape index (κ3) is 5.09. The molecule has 0 saturated heterocycles. The van der Waals surface area contributed by atoms with E-state index in [4.69, 9.17) is 9.47 Å². The molecule has 0 unspecified atom stereocenters. The Hall–Kier alpha value is -1.88. The summed E-state index contributed by atoms with van der Waals surface area (Å²) in [6.45, 7) is 1.09. The van der Waals surface area contributed by atoms with Crippen LogP contribution in [0.4, 0.5) is 0 Å². The highest BCUT2D eigenvalue weighted by molar-refractivity contribution is 5.81. The van der Waals surface area contributed by atoms with Crippen molar-refractivity contribution in [3.8, 4) is 5.75 Å². The summed E-state index contributed by atoms with van der Waals surface area (Å²) in [6, 6.07) is 5.07. The maximum Gasteiger partial charge on any atom is 0.309 e. The number of methoxy groups -OCH3 is 2. The summed E-state index contributed by atoms with van der Waals surface area (Å²) in [5.41, 5.74) is 1.15. The zero-order valence-corrected chi connectivity index (χ0v) is 11.2. The van der Waals surface area contributed by atoms with Gasteiger partial charge in [-0.15, -0.1) is 0 Å². The molecule has 1 aromatic carbocycles. The minimum absolute atomic E-state index is 0.140. The third-order valence-corrected chi connectivity index (χ3v) is 2.53. The van der Waals surface area contributed by atoms with E-state index in [0.29, 0.717) is 30.8 Å². The van der Waals surface area contributed by atoms with Crippen LogP contribution in [0.2, 0.25) is 0 Å². The average molecular weight is 266 g/mol. The number of esters is 1. The first-order valence-electron chi connectivity index (χ1n) is 5.98. The summed E-state index contributed by atoms with van der Waals surface area (Å²) in [4.78, 5) is 22.2. The van der Waals surface area contributed by atoms with E-state index in [2.05, 4.69) is 4.74 Å². The number of ether oxygens (including phenoxy) is 3. The third-order valence-electron chi connectivity index (χ3n) is 2.53. The molecule has 0 aliphatic rings. The van der Waals surface area contributed by atoms with Crippen molar-refractivity contribution in [2.75, 3.05) is 27.4 Å². The molecule has 0 saturated carbocycles. The number of aldehydes is 1. The SMILES string of the molecule is COCCCOc1ccc(CC(=O)OC)cc1C=O. The number of carbonyl (C=O) groups excluding carboxylic acids is 2. The second-order valence-corrected chi connectivity index (χ2v) is 3.94. The number of benzene rings is 1. The molecule has 0 spiro atoms. The van der Waals surface area contributed by atoms with E-state index in [1.165, 1.54) is 7.11 Å². The number of hydrogen-bond acceptors (Lipinski definition) is 5. The van der Waals surface area contributed by atoms with Crippen LogP contribution < -0.4 is 4.74 Å². The lowest BCUT2D eigenvalue weighted by Gasteiger charge is -2.09. The minimum atomic E-state index is -0.342. The number of rotatable bonds is 8. The first-order valence-corrected chi connectivity index (χ1v) is 5.98. The molecule has 104 valence electrons. The fourth-order valence-corrected chi connectivity index (χ4v) is 1.56. The Balaban J connectivity index is 2.67. The van der Waals surface area contributed by atoms with Crippen molar-refractivity contribution < 1.29 is 23.8 Å². The lowest BCUT2D eigenvalue weighted by atomic mass is 10.1. The molecule has 19 heavy (non-hydrogen) atoms. The normalized spacial score (nSPS) is 10.0. The van der Waals surface area contributed by atoms with Crippen LogP contribution in [-0.4, -0.2) is 39.7 Å². The second kappa shape index (κ2) is 8.26. The van der Waals surface area contributed by atoms with Crippen LogP contribution in [0.3, 0.4) is 0 Å². The molecule has 0 aliphatic heterocycles. The van der Waals surface area contributed by atoms with Crippen molar-refractivity contribution in [2.24, 2.45) is 0 Å². The first kappa shape index (κ1) is 15.2. The van der Waals surface area contributed by atoms with Gasteiger partial charge < -0.3 is 14.2 Å². The van der Waals surface area contributed by atoms with Gasteiger partial charge in [-0.1, -0.05) is 6.07 Å². The van der Waals surface area contributed by atoms with E-state index >= 15 is 0 Å². The van der Waals surface area contributed by atoms with Crippen LogP contribution in [0.1, 0.15) is 22.3 Å². The Labute approximate surface area is 112 Å². The lowest BCUT2D eigenvalue weighted by Crippen LogP contribution is -2.06. The molecule has 0 radical (unpaired) electrons. The van der Waals surface area contributed by atoms with E-state index in [-0.39, 0.29) is 12.4 Å². The molecule has 0 amide bonds. The predicted octanol–water partition coefficient (Wildman–Crippen LogP) is 1.63. The van der Waals surface area contributed by atoms with Gasteiger partial charge in [0.2, 0.25) is 0 Å². The van der Waals surface area contributed by atoms with E-state index in [0.717, 1.165) is 12.0 Å². The van der Waals surface area contributed by atoms with Gasteiger partial charge in [0.15, 0.2) is 6.29 Å². The molecular weight excluding hydrogens is 248 g/mol. The Kier molecular flexibility index (Phi) is 6.60. The fourth-order valence-electron chi connectivity index (χ4n) is 1.56. The van der Waals surface area contributed by atoms with Crippen molar-refractivity contribution in [3.63, 3.8) is 0 Å². The van der Waals surface area contributed by atoms with Gasteiger partial charge in [-0.05, 0) is 17.7 Å².